The van der Waals surface area contributed by atoms with Crippen molar-refractivity contribution in [3.63, 3.8) is 0 Å². The van der Waals surface area contributed by atoms with Crippen LogP contribution in [0, 0.1) is 26.0 Å². The molecular weight excluding hydrogens is 435 g/mol. The fourth-order valence-electron chi connectivity index (χ4n) is 2.84. The molecule has 0 saturated carbocycles. The molecule has 0 unspecified atom stereocenters. The molecule has 3 rings (SSSR count). The zero-order chi connectivity index (χ0) is 23.6. The van der Waals surface area contributed by atoms with Gasteiger partial charge in [0.1, 0.15) is 17.9 Å². The standard InChI is InChI=1S/C18H11FN4O9/c19-11-5-4-9(22(28)29)6-12(11)20-14(24)8-32-15(25)7-21-17(26)10-2-1-3-13(23(30)31)16(10)18(21)27/h1-6H,7-8H2,(H,20,24). The molecule has 0 atom stereocenters. The molecule has 0 radical (unpaired) electrons. The highest BCUT2D eigenvalue weighted by molar-refractivity contribution is 6.24. The second kappa shape index (κ2) is 8.55. The summed E-state index contributed by atoms with van der Waals surface area (Å²) < 4.78 is 18.3. The number of imide groups is 1. The number of amides is 3. The molecule has 0 aromatic heterocycles. The third-order valence-electron chi connectivity index (χ3n) is 4.26. The van der Waals surface area contributed by atoms with Crippen molar-refractivity contribution in [2.75, 3.05) is 18.5 Å². The SMILES string of the molecule is O=C(COC(=O)CN1C(=O)c2cccc([N+](=O)[O-])c2C1=O)Nc1cc([N+](=O)[O-])ccc1F. The highest BCUT2D eigenvalue weighted by Crippen LogP contribution is 2.30. The lowest BCUT2D eigenvalue weighted by Gasteiger charge is -2.13. The lowest BCUT2D eigenvalue weighted by Crippen LogP contribution is -2.36. The molecule has 2 aromatic rings. The van der Waals surface area contributed by atoms with Gasteiger partial charge < -0.3 is 10.1 Å². The molecule has 0 fully saturated rings. The molecule has 1 heterocycles. The number of carbonyl (C=O) groups excluding carboxylic acids is 4. The molecule has 1 aliphatic heterocycles. The smallest absolute Gasteiger partial charge is 0.326 e. The molecule has 0 aliphatic carbocycles. The number of halogens is 1. The number of nitrogens with one attached hydrogen (secondary N) is 1. The van der Waals surface area contributed by atoms with Gasteiger partial charge in [-0.05, 0) is 12.1 Å². The Kier molecular flexibility index (Phi) is 5.86. The van der Waals surface area contributed by atoms with Crippen molar-refractivity contribution in [1.82, 2.24) is 4.90 Å². The van der Waals surface area contributed by atoms with Crippen molar-refractivity contribution < 1.29 is 38.2 Å². The number of nitro groups is 2. The summed E-state index contributed by atoms with van der Waals surface area (Å²) >= 11 is 0. The minimum absolute atomic E-state index is 0.254. The van der Waals surface area contributed by atoms with Crippen LogP contribution in [0.15, 0.2) is 36.4 Å². The van der Waals surface area contributed by atoms with E-state index in [2.05, 4.69) is 4.74 Å². The van der Waals surface area contributed by atoms with E-state index in [1.165, 1.54) is 12.1 Å². The molecular formula is C18H11FN4O9. The van der Waals surface area contributed by atoms with E-state index in [4.69, 9.17) is 0 Å². The van der Waals surface area contributed by atoms with E-state index in [-0.39, 0.29) is 5.56 Å². The predicted molar refractivity (Wildman–Crippen MR) is 101 cm³/mol. The summed E-state index contributed by atoms with van der Waals surface area (Å²) in [5.41, 5.74) is -2.33. The first kappa shape index (κ1) is 21.9. The number of esters is 1. The first-order valence-corrected chi connectivity index (χ1v) is 8.63. The molecule has 0 spiro atoms. The van der Waals surface area contributed by atoms with E-state index in [9.17, 15) is 43.8 Å². The Hall–Kier alpha value is -4.75. The average molecular weight is 446 g/mol. The van der Waals surface area contributed by atoms with Gasteiger partial charge in [0, 0.05) is 18.2 Å². The summed E-state index contributed by atoms with van der Waals surface area (Å²) in [5.74, 6) is -5.23. The van der Waals surface area contributed by atoms with Crippen molar-refractivity contribution >= 4 is 40.8 Å². The third kappa shape index (κ3) is 4.23. The molecule has 13 nitrogen and oxygen atoms in total. The number of rotatable bonds is 7. The Bertz CT molecular complexity index is 1200. The number of nitrogens with zero attached hydrogens (tertiary/aromatic N) is 3. The summed E-state index contributed by atoms with van der Waals surface area (Å²) in [6.07, 6.45) is 0. The predicted octanol–water partition coefficient (Wildman–Crippen LogP) is 1.42. The number of non-ortho nitro benzene ring substituents is 1. The first-order chi connectivity index (χ1) is 15.1. The molecule has 164 valence electrons. The molecule has 32 heavy (non-hydrogen) atoms. The van der Waals surface area contributed by atoms with E-state index in [1.54, 1.807) is 0 Å². The van der Waals surface area contributed by atoms with Crippen LogP contribution in [0.1, 0.15) is 20.7 Å². The molecule has 1 N–H and O–H groups in total. The van der Waals surface area contributed by atoms with Gasteiger partial charge >= 0.3 is 5.97 Å². The Labute approximate surface area is 176 Å². The van der Waals surface area contributed by atoms with Crippen LogP contribution in [0.5, 0.6) is 0 Å². The van der Waals surface area contributed by atoms with Crippen LogP contribution in [-0.2, 0) is 14.3 Å². The summed E-state index contributed by atoms with van der Waals surface area (Å²) in [6, 6.07) is 5.85. The number of hydrogen-bond acceptors (Lipinski definition) is 9. The lowest BCUT2D eigenvalue weighted by molar-refractivity contribution is -0.385. The first-order valence-electron chi connectivity index (χ1n) is 8.63. The van der Waals surface area contributed by atoms with Crippen LogP contribution in [0.2, 0.25) is 0 Å². The molecule has 3 amide bonds. The van der Waals surface area contributed by atoms with E-state index < -0.39 is 75.1 Å². The van der Waals surface area contributed by atoms with Crippen LogP contribution in [0.3, 0.4) is 0 Å². The van der Waals surface area contributed by atoms with Gasteiger partial charge in [0.2, 0.25) is 0 Å². The van der Waals surface area contributed by atoms with Gasteiger partial charge in [0.15, 0.2) is 6.61 Å². The van der Waals surface area contributed by atoms with Gasteiger partial charge in [0.25, 0.3) is 29.1 Å². The van der Waals surface area contributed by atoms with Crippen LogP contribution < -0.4 is 5.32 Å². The van der Waals surface area contributed by atoms with Gasteiger partial charge in [-0.1, -0.05) is 6.07 Å². The average Bonchev–Trinajstić information content (AvgIpc) is 2.98. The molecule has 14 heteroatoms. The summed E-state index contributed by atoms with van der Waals surface area (Å²) in [6.45, 7) is -1.88. The van der Waals surface area contributed by atoms with Gasteiger partial charge in [0.05, 0.1) is 21.1 Å². The molecule has 0 bridgehead atoms. The van der Waals surface area contributed by atoms with Crippen molar-refractivity contribution in [3.05, 3.63) is 73.6 Å². The number of anilines is 1. The fourth-order valence-corrected chi connectivity index (χ4v) is 2.84. The minimum atomic E-state index is -1.20. The van der Waals surface area contributed by atoms with Crippen molar-refractivity contribution in [2.45, 2.75) is 0 Å². The number of hydrogen-bond donors (Lipinski definition) is 1. The third-order valence-corrected chi connectivity index (χ3v) is 4.26. The molecule has 0 saturated heterocycles. The Balaban J connectivity index is 1.62. The van der Waals surface area contributed by atoms with Crippen LogP contribution in [0.4, 0.5) is 21.5 Å². The van der Waals surface area contributed by atoms with Gasteiger partial charge in [-0.15, -0.1) is 0 Å². The summed E-state index contributed by atoms with van der Waals surface area (Å²) in [7, 11) is 0. The zero-order valence-corrected chi connectivity index (χ0v) is 15.8. The second-order valence-corrected chi connectivity index (χ2v) is 6.28. The van der Waals surface area contributed by atoms with Gasteiger partial charge in [-0.3, -0.25) is 44.3 Å². The topological polar surface area (TPSA) is 179 Å². The minimum Gasteiger partial charge on any atom is -0.454 e. The maximum Gasteiger partial charge on any atom is 0.326 e. The lowest BCUT2D eigenvalue weighted by atomic mass is 10.1. The van der Waals surface area contributed by atoms with Crippen LogP contribution >= 0.6 is 0 Å². The monoisotopic (exact) mass is 446 g/mol. The van der Waals surface area contributed by atoms with Gasteiger partial charge in [-0.25, -0.2) is 4.39 Å². The van der Waals surface area contributed by atoms with E-state index in [0.29, 0.717) is 4.90 Å². The quantitative estimate of drug-likeness (QED) is 0.285. The number of ether oxygens (including phenoxy) is 1. The zero-order valence-electron chi connectivity index (χ0n) is 15.8. The van der Waals surface area contributed by atoms with E-state index in [0.717, 1.165) is 24.3 Å². The van der Waals surface area contributed by atoms with Crippen molar-refractivity contribution in [3.8, 4) is 0 Å². The Morgan fingerprint density at radius 1 is 1.06 bits per heavy atom. The van der Waals surface area contributed by atoms with Crippen molar-refractivity contribution in [1.29, 1.82) is 0 Å². The second-order valence-electron chi connectivity index (χ2n) is 6.28. The van der Waals surface area contributed by atoms with E-state index in [1.807, 2.05) is 5.32 Å². The molecule has 2 aromatic carbocycles. The van der Waals surface area contributed by atoms with Gasteiger partial charge in [-0.2, -0.15) is 0 Å². The molecule has 1 aliphatic rings. The summed E-state index contributed by atoms with van der Waals surface area (Å²) in [4.78, 5) is 69.1. The maximum absolute atomic E-state index is 13.7. The number of fused-ring (bicyclic) bond motifs is 1. The number of benzene rings is 2. The fraction of sp³-hybridized carbons (Fsp3) is 0.111. The maximum atomic E-state index is 13.7. The van der Waals surface area contributed by atoms with Crippen molar-refractivity contribution in [2.24, 2.45) is 0 Å². The largest absolute Gasteiger partial charge is 0.454 e. The highest BCUT2D eigenvalue weighted by Gasteiger charge is 2.42. The van der Waals surface area contributed by atoms with Crippen LogP contribution in [-0.4, -0.2) is 51.6 Å². The van der Waals surface area contributed by atoms with Crippen LogP contribution in [0.25, 0.3) is 0 Å². The Morgan fingerprint density at radius 2 is 1.78 bits per heavy atom. The Morgan fingerprint density at radius 3 is 2.44 bits per heavy atom. The highest BCUT2D eigenvalue weighted by atomic mass is 19.1. The number of nitro benzene ring substituents is 2. The summed E-state index contributed by atoms with van der Waals surface area (Å²) in [5, 5.41) is 23.8. The normalized spacial score (nSPS) is 12.3. The van der Waals surface area contributed by atoms with E-state index >= 15 is 0 Å². The number of carbonyl (C=O) groups is 4.